The van der Waals surface area contributed by atoms with Crippen molar-refractivity contribution in [2.24, 2.45) is 24.8 Å². The normalized spacial score (nSPS) is 20.8. The number of nitrogens with zero attached hydrogens (tertiary/aromatic N) is 3. The number of benzene rings is 2. The minimum Gasteiger partial charge on any atom is -0.459 e. The van der Waals surface area contributed by atoms with Crippen molar-refractivity contribution in [3.63, 3.8) is 0 Å². The number of carbonyl (C=O) groups excluding carboxylic acids is 1. The van der Waals surface area contributed by atoms with Gasteiger partial charge in [-0.1, -0.05) is 51.5 Å². The Hall–Kier alpha value is -3.22. The SMILES string of the molecule is CC(C)[C@@H]1CC[C@@H](C)C[C@H]1OC(=O)Cn1c(-c2ccccc2[N+](=O)[O-])[n+](C)c2ccccc21. The van der Waals surface area contributed by atoms with E-state index in [0.29, 0.717) is 29.1 Å². The zero-order valence-corrected chi connectivity index (χ0v) is 19.7. The summed E-state index contributed by atoms with van der Waals surface area (Å²) in [5.74, 6) is 1.64. The highest BCUT2D eigenvalue weighted by atomic mass is 16.6. The van der Waals surface area contributed by atoms with Crippen LogP contribution in [0.2, 0.25) is 0 Å². The smallest absolute Gasteiger partial charge is 0.348 e. The summed E-state index contributed by atoms with van der Waals surface area (Å²) >= 11 is 0. The molecule has 0 radical (unpaired) electrons. The first-order valence-corrected chi connectivity index (χ1v) is 11.7. The lowest BCUT2D eigenvalue weighted by atomic mass is 9.75. The first-order valence-electron chi connectivity index (χ1n) is 11.7. The minimum atomic E-state index is -0.383. The van der Waals surface area contributed by atoms with E-state index in [1.807, 2.05) is 40.4 Å². The van der Waals surface area contributed by atoms with Crippen LogP contribution in [-0.2, 0) is 23.1 Å². The van der Waals surface area contributed by atoms with Gasteiger partial charge >= 0.3 is 5.97 Å². The van der Waals surface area contributed by atoms with E-state index in [-0.39, 0.29) is 29.2 Å². The van der Waals surface area contributed by atoms with E-state index in [1.54, 1.807) is 18.2 Å². The van der Waals surface area contributed by atoms with Crippen molar-refractivity contribution in [1.82, 2.24) is 4.57 Å². The van der Waals surface area contributed by atoms with Crippen molar-refractivity contribution in [2.45, 2.75) is 52.7 Å². The molecule has 0 bridgehead atoms. The molecular weight excluding hydrogens is 418 g/mol. The summed E-state index contributed by atoms with van der Waals surface area (Å²) < 4.78 is 9.81. The van der Waals surface area contributed by atoms with Gasteiger partial charge in [0.15, 0.2) is 17.6 Å². The van der Waals surface area contributed by atoms with Crippen molar-refractivity contribution in [3.8, 4) is 11.4 Å². The first kappa shape index (κ1) is 23.0. The molecule has 0 N–H and O–H groups in total. The van der Waals surface area contributed by atoms with E-state index in [1.165, 1.54) is 6.07 Å². The summed E-state index contributed by atoms with van der Waals surface area (Å²) in [5.41, 5.74) is 2.21. The van der Waals surface area contributed by atoms with Crippen molar-refractivity contribution in [2.75, 3.05) is 0 Å². The van der Waals surface area contributed by atoms with Gasteiger partial charge in [0.2, 0.25) is 0 Å². The molecule has 3 atom stereocenters. The second kappa shape index (κ2) is 9.33. The molecule has 1 aliphatic carbocycles. The standard InChI is InChI=1S/C26H32N3O4/c1-17(2)19-14-13-18(3)15-24(19)33-25(30)16-28-23-12-8-7-11-22(23)27(4)26(28)20-9-5-6-10-21(20)29(31)32/h5-12,17-19,24H,13-16H2,1-4H3/q+1/t18-,19+,24-/m1/s1. The second-order valence-corrected chi connectivity index (χ2v) is 9.59. The van der Waals surface area contributed by atoms with Crippen molar-refractivity contribution in [1.29, 1.82) is 0 Å². The lowest BCUT2D eigenvalue weighted by Crippen LogP contribution is -2.37. The molecule has 2 aromatic carbocycles. The Morgan fingerprint density at radius 2 is 1.88 bits per heavy atom. The third kappa shape index (κ3) is 4.49. The Bertz CT molecular complexity index is 1180. The summed E-state index contributed by atoms with van der Waals surface area (Å²) in [6.07, 6.45) is 3.02. The summed E-state index contributed by atoms with van der Waals surface area (Å²) in [7, 11) is 1.87. The quantitative estimate of drug-likeness (QED) is 0.228. The Morgan fingerprint density at radius 3 is 2.61 bits per heavy atom. The molecule has 0 spiro atoms. The maximum Gasteiger partial charge on any atom is 0.348 e. The lowest BCUT2D eigenvalue weighted by molar-refractivity contribution is -0.634. The molecule has 174 valence electrons. The van der Waals surface area contributed by atoms with Crippen LogP contribution in [0.4, 0.5) is 5.69 Å². The van der Waals surface area contributed by atoms with Crippen LogP contribution in [0.3, 0.4) is 0 Å². The summed E-state index contributed by atoms with van der Waals surface area (Å²) in [6, 6.07) is 14.4. The topological polar surface area (TPSA) is 78.2 Å². The average molecular weight is 451 g/mol. The Kier molecular flexibility index (Phi) is 6.49. The highest BCUT2D eigenvalue weighted by molar-refractivity contribution is 5.81. The predicted octanol–water partition coefficient (Wildman–Crippen LogP) is 5.05. The molecule has 7 nitrogen and oxygen atoms in total. The van der Waals surface area contributed by atoms with Crippen LogP contribution < -0.4 is 4.57 Å². The number of hydrogen-bond donors (Lipinski definition) is 0. The molecule has 3 aromatic rings. The molecule has 1 aliphatic rings. The second-order valence-electron chi connectivity index (χ2n) is 9.59. The number of aryl methyl sites for hydroxylation is 1. The highest BCUT2D eigenvalue weighted by Gasteiger charge is 2.35. The largest absolute Gasteiger partial charge is 0.459 e. The molecule has 1 heterocycles. The molecule has 1 saturated carbocycles. The van der Waals surface area contributed by atoms with Crippen LogP contribution in [-0.4, -0.2) is 21.6 Å². The average Bonchev–Trinajstić information content (AvgIpc) is 3.05. The number of ether oxygens (including phenoxy) is 1. The Morgan fingerprint density at radius 1 is 1.18 bits per heavy atom. The number of fused-ring (bicyclic) bond motifs is 1. The number of rotatable bonds is 6. The van der Waals surface area contributed by atoms with Crippen LogP contribution in [0.5, 0.6) is 0 Å². The van der Waals surface area contributed by atoms with Gasteiger partial charge in [-0.05, 0) is 48.8 Å². The Balaban J connectivity index is 1.73. The molecule has 1 fully saturated rings. The van der Waals surface area contributed by atoms with Crippen molar-refractivity contribution in [3.05, 3.63) is 58.6 Å². The van der Waals surface area contributed by atoms with Crippen LogP contribution >= 0.6 is 0 Å². The fraction of sp³-hybridized carbons (Fsp3) is 0.462. The van der Waals surface area contributed by atoms with E-state index >= 15 is 0 Å². The Labute approximate surface area is 194 Å². The number of hydrogen-bond acceptors (Lipinski definition) is 4. The molecular formula is C26H32N3O4+. The van der Waals surface area contributed by atoms with Gasteiger partial charge in [0, 0.05) is 6.07 Å². The molecule has 0 aliphatic heterocycles. The van der Waals surface area contributed by atoms with Gasteiger partial charge in [-0.15, -0.1) is 0 Å². The van der Waals surface area contributed by atoms with E-state index in [9.17, 15) is 14.9 Å². The number of para-hydroxylation sites is 3. The van der Waals surface area contributed by atoms with Gasteiger partial charge in [-0.3, -0.25) is 10.1 Å². The zero-order valence-electron chi connectivity index (χ0n) is 19.7. The minimum absolute atomic E-state index is 0.00156. The van der Waals surface area contributed by atoms with Gasteiger partial charge in [0.1, 0.15) is 11.7 Å². The third-order valence-corrected chi connectivity index (χ3v) is 6.98. The number of nitro groups is 1. The monoisotopic (exact) mass is 450 g/mol. The number of nitro benzene ring substituents is 1. The zero-order chi connectivity index (χ0) is 23.7. The molecule has 4 rings (SSSR count). The highest BCUT2D eigenvalue weighted by Crippen LogP contribution is 2.36. The fourth-order valence-electron chi connectivity index (χ4n) is 5.28. The van der Waals surface area contributed by atoms with Crippen LogP contribution in [0.25, 0.3) is 22.4 Å². The van der Waals surface area contributed by atoms with Gasteiger partial charge in [-0.2, -0.15) is 0 Å². The van der Waals surface area contributed by atoms with Gasteiger partial charge in [0.25, 0.3) is 11.5 Å². The van der Waals surface area contributed by atoms with Crippen LogP contribution in [0.1, 0.15) is 40.0 Å². The molecule has 33 heavy (non-hydrogen) atoms. The van der Waals surface area contributed by atoms with Crippen LogP contribution in [0, 0.1) is 27.9 Å². The summed E-state index contributed by atoms with van der Waals surface area (Å²) in [5, 5.41) is 11.7. The number of imidazole rings is 1. The molecule has 0 unspecified atom stereocenters. The maximum absolute atomic E-state index is 13.2. The molecule has 1 aromatic heterocycles. The van der Waals surface area contributed by atoms with E-state index in [0.717, 1.165) is 30.3 Å². The fourth-order valence-corrected chi connectivity index (χ4v) is 5.28. The first-order chi connectivity index (χ1) is 15.8. The molecule has 7 heteroatoms. The van der Waals surface area contributed by atoms with Crippen molar-refractivity contribution < 1.29 is 19.0 Å². The van der Waals surface area contributed by atoms with Gasteiger partial charge in [-0.25, -0.2) is 13.9 Å². The van der Waals surface area contributed by atoms with Crippen LogP contribution in [0.15, 0.2) is 48.5 Å². The van der Waals surface area contributed by atoms with Crippen molar-refractivity contribution >= 4 is 22.7 Å². The number of aromatic nitrogens is 2. The number of esters is 1. The lowest BCUT2D eigenvalue weighted by Gasteiger charge is -2.36. The molecule has 0 amide bonds. The predicted molar refractivity (Wildman–Crippen MR) is 126 cm³/mol. The summed E-state index contributed by atoms with van der Waals surface area (Å²) in [6.45, 7) is 6.59. The number of carbonyl (C=O) groups is 1. The van der Waals surface area contributed by atoms with E-state index in [4.69, 9.17) is 4.74 Å². The van der Waals surface area contributed by atoms with E-state index < -0.39 is 0 Å². The van der Waals surface area contributed by atoms with Gasteiger partial charge in [0.05, 0.1) is 12.0 Å². The van der Waals surface area contributed by atoms with Gasteiger partial charge < -0.3 is 4.74 Å². The maximum atomic E-state index is 13.2. The summed E-state index contributed by atoms with van der Waals surface area (Å²) in [4.78, 5) is 24.6. The third-order valence-electron chi connectivity index (χ3n) is 6.98. The van der Waals surface area contributed by atoms with E-state index in [2.05, 4.69) is 20.8 Å². The molecule has 0 saturated heterocycles.